The van der Waals surface area contributed by atoms with Crippen molar-refractivity contribution >= 4 is 5.97 Å². The van der Waals surface area contributed by atoms with Crippen LogP contribution >= 0.6 is 0 Å². The lowest BCUT2D eigenvalue weighted by molar-refractivity contribution is -0.221. The van der Waals surface area contributed by atoms with Crippen LogP contribution in [0.25, 0.3) is 0 Å². The van der Waals surface area contributed by atoms with Crippen molar-refractivity contribution < 1.29 is 28.2 Å². The molecule has 14 heavy (non-hydrogen) atoms. The van der Waals surface area contributed by atoms with Crippen LogP contribution in [0.5, 0.6) is 0 Å². The van der Waals surface area contributed by atoms with Crippen LogP contribution in [0.15, 0.2) is 0 Å². The van der Waals surface area contributed by atoms with Crippen LogP contribution in [0.2, 0.25) is 0 Å². The number of carboxylic acid groups (broad SMARTS) is 1. The normalized spacial score (nSPS) is 17.6. The Morgan fingerprint density at radius 3 is 1.64 bits per heavy atom. The minimum atomic E-state index is -4.93. The predicted octanol–water partition coefficient (Wildman–Crippen LogP) is 1.66. The predicted molar refractivity (Wildman–Crippen MR) is 42.6 cm³/mol. The number of hydrogen-bond donors (Lipinski definition) is 2. The largest absolute Gasteiger partial charge is 0.481 e. The van der Waals surface area contributed by atoms with Crippen molar-refractivity contribution in [3.63, 3.8) is 0 Å². The first-order chi connectivity index (χ1) is 5.98. The Morgan fingerprint density at radius 2 is 1.57 bits per heavy atom. The van der Waals surface area contributed by atoms with E-state index in [1.54, 1.807) is 0 Å². The molecule has 0 radical (unpaired) electrons. The van der Waals surface area contributed by atoms with Gasteiger partial charge in [0, 0.05) is 0 Å². The maximum absolute atomic E-state index is 12.2. The first kappa shape index (κ1) is 13.2. The van der Waals surface area contributed by atoms with Gasteiger partial charge in [-0.15, -0.1) is 0 Å². The molecule has 84 valence electrons. The molecule has 0 aromatic carbocycles. The summed E-state index contributed by atoms with van der Waals surface area (Å²) in [6.45, 7) is 4.04. The van der Waals surface area contributed by atoms with E-state index < -0.39 is 29.6 Å². The monoisotopic (exact) mass is 214 g/mol. The van der Waals surface area contributed by atoms with E-state index in [4.69, 9.17) is 5.11 Å². The van der Waals surface area contributed by atoms with Gasteiger partial charge in [-0.25, -0.2) is 0 Å². The molecular weight excluding hydrogens is 201 g/mol. The first-order valence-electron chi connectivity index (χ1n) is 3.95. The summed E-state index contributed by atoms with van der Waals surface area (Å²) in [7, 11) is 0. The highest BCUT2D eigenvalue weighted by Gasteiger charge is 2.52. The van der Waals surface area contributed by atoms with E-state index in [0.29, 0.717) is 0 Å². The number of alkyl halides is 3. The first-order valence-corrected chi connectivity index (χ1v) is 3.95. The van der Waals surface area contributed by atoms with Gasteiger partial charge in [0.05, 0.1) is 6.10 Å². The van der Waals surface area contributed by atoms with Crippen molar-refractivity contribution in [3.8, 4) is 0 Å². The average molecular weight is 214 g/mol. The van der Waals surface area contributed by atoms with Gasteiger partial charge in [-0.2, -0.15) is 13.2 Å². The van der Waals surface area contributed by atoms with E-state index in [1.165, 1.54) is 20.8 Å². The Balaban J connectivity index is 4.96. The molecule has 3 nitrogen and oxygen atoms in total. The smallest absolute Gasteiger partial charge is 0.404 e. The fourth-order valence-corrected chi connectivity index (χ4v) is 0.954. The molecule has 2 N–H and O–H groups in total. The standard InChI is InChI=1S/C8H13F3O3/c1-7(2,3)5(12)4(6(13)14)8(9,10)11/h4-5,12H,1-3H3,(H,13,14)/t4-,5+/m0/s1. The summed E-state index contributed by atoms with van der Waals surface area (Å²) in [5.74, 6) is -4.79. The number of aliphatic hydroxyl groups excluding tert-OH is 1. The number of carboxylic acids is 1. The summed E-state index contributed by atoms with van der Waals surface area (Å²) in [5.41, 5.74) is -1.13. The minimum absolute atomic E-state index is 1.13. The number of halogens is 3. The molecular formula is C8H13F3O3. The van der Waals surface area contributed by atoms with E-state index in [9.17, 15) is 23.1 Å². The van der Waals surface area contributed by atoms with Gasteiger partial charge < -0.3 is 10.2 Å². The molecule has 0 amide bonds. The zero-order valence-corrected chi connectivity index (χ0v) is 8.09. The van der Waals surface area contributed by atoms with E-state index >= 15 is 0 Å². The highest BCUT2D eigenvalue weighted by Crippen LogP contribution is 2.36. The van der Waals surface area contributed by atoms with Crippen LogP contribution < -0.4 is 0 Å². The molecule has 0 aliphatic heterocycles. The zero-order chi connectivity index (χ0) is 11.7. The quantitative estimate of drug-likeness (QED) is 0.734. The summed E-state index contributed by atoms with van der Waals surface area (Å²) in [5, 5.41) is 17.6. The lowest BCUT2D eigenvalue weighted by Crippen LogP contribution is -2.46. The van der Waals surface area contributed by atoms with E-state index in [2.05, 4.69) is 0 Å². The van der Waals surface area contributed by atoms with Crippen LogP contribution in [-0.2, 0) is 4.79 Å². The third-order valence-corrected chi connectivity index (χ3v) is 1.82. The SMILES string of the molecule is CC(C)(C)[C@H](O)[C@@H](C(=O)O)C(F)(F)F. The Hall–Kier alpha value is -0.780. The van der Waals surface area contributed by atoms with Crippen molar-refractivity contribution in [1.82, 2.24) is 0 Å². The maximum Gasteiger partial charge on any atom is 0.404 e. The molecule has 0 saturated carbocycles. The summed E-state index contributed by atoms with van der Waals surface area (Å²) < 4.78 is 36.6. The highest BCUT2D eigenvalue weighted by molar-refractivity contribution is 5.71. The van der Waals surface area contributed by atoms with Crippen molar-refractivity contribution in [2.75, 3.05) is 0 Å². The Labute approximate surface area is 79.5 Å². The summed E-state index contributed by atoms with van der Waals surface area (Å²) >= 11 is 0. The van der Waals surface area contributed by atoms with E-state index in [0.717, 1.165) is 0 Å². The van der Waals surface area contributed by atoms with Crippen molar-refractivity contribution in [1.29, 1.82) is 0 Å². The van der Waals surface area contributed by atoms with Crippen LogP contribution in [0.4, 0.5) is 13.2 Å². The molecule has 0 bridgehead atoms. The second-order valence-corrected chi connectivity index (χ2v) is 4.17. The zero-order valence-electron chi connectivity index (χ0n) is 8.09. The van der Waals surface area contributed by atoms with E-state index in [1.807, 2.05) is 0 Å². The van der Waals surface area contributed by atoms with Gasteiger partial charge in [-0.1, -0.05) is 20.8 Å². The number of aliphatic carboxylic acids is 1. The topological polar surface area (TPSA) is 57.5 Å². The molecule has 6 heteroatoms. The van der Waals surface area contributed by atoms with Crippen molar-refractivity contribution in [2.45, 2.75) is 33.1 Å². The molecule has 0 unspecified atom stereocenters. The number of hydrogen-bond acceptors (Lipinski definition) is 2. The third-order valence-electron chi connectivity index (χ3n) is 1.82. The van der Waals surface area contributed by atoms with E-state index in [-0.39, 0.29) is 0 Å². The van der Waals surface area contributed by atoms with Crippen molar-refractivity contribution in [3.05, 3.63) is 0 Å². The molecule has 0 heterocycles. The van der Waals surface area contributed by atoms with Crippen LogP contribution in [0, 0.1) is 11.3 Å². The van der Waals surface area contributed by atoms with Gasteiger partial charge in [-0.05, 0) is 5.41 Å². The lowest BCUT2D eigenvalue weighted by atomic mass is 9.81. The fraction of sp³-hybridized carbons (Fsp3) is 0.875. The average Bonchev–Trinajstić information content (AvgIpc) is 1.79. The van der Waals surface area contributed by atoms with Gasteiger partial charge >= 0.3 is 12.1 Å². The Kier molecular flexibility index (Phi) is 3.55. The van der Waals surface area contributed by atoms with Gasteiger partial charge in [-0.3, -0.25) is 4.79 Å². The summed E-state index contributed by atoms with van der Waals surface area (Å²) in [4.78, 5) is 10.4. The highest BCUT2D eigenvalue weighted by atomic mass is 19.4. The second-order valence-electron chi connectivity index (χ2n) is 4.17. The molecule has 0 saturated heterocycles. The van der Waals surface area contributed by atoms with Crippen LogP contribution in [-0.4, -0.2) is 28.5 Å². The molecule has 0 aromatic rings. The molecule has 0 aliphatic carbocycles. The minimum Gasteiger partial charge on any atom is -0.481 e. The summed E-state index contributed by atoms with van der Waals surface area (Å²) in [6, 6.07) is 0. The van der Waals surface area contributed by atoms with Gasteiger partial charge in [0.2, 0.25) is 0 Å². The maximum atomic E-state index is 12.2. The molecule has 0 aromatic heterocycles. The molecule has 0 rings (SSSR count). The van der Waals surface area contributed by atoms with Crippen molar-refractivity contribution in [2.24, 2.45) is 11.3 Å². The molecule has 0 aliphatic rings. The molecule has 0 spiro atoms. The molecule has 0 fully saturated rings. The fourth-order valence-electron chi connectivity index (χ4n) is 0.954. The second kappa shape index (κ2) is 3.76. The summed E-state index contributed by atoms with van der Waals surface area (Å²) in [6.07, 6.45) is -6.89. The van der Waals surface area contributed by atoms with Gasteiger partial charge in [0.1, 0.15) is 0 Å². The Bertz CT molecular complexity index is 217. The third kappa shape index (κ3) is 3.17. The van der Waals surface area contributed by atoms with Gasteiger partial charge in [0.25, 0.3) is 0 Å². The number of carbonyl (C=O) groups is 1. The van der Waals surface area contributed by atoms with Crippen LogP contribution in [0.3, 0.4) is 0 Å². The Morgan fingerprint density at radius 1 is 1.21 bits per heavy atom. The number of aliphatic hydroxyl groups is 1. The number of rotatable bonds is 2. The van der Waals surface area contributed by atoms with Crippen LogP contribution in [0.1, 0.15) is 20.8 Å². The molecule has 2 atom stereocenters. The van der Waals surface area contributed by atoms with Gasteiger partial charge in [0.15, 0.2) is 5.92 Å². The lowest BCUT2D eigenvalue weighted by Gasteiger charge is -2.31.